The van der Waals surface area contributed by atoms with Gasteiger partial charge in [-0.25, -0.2) is 0 Å². The third-order valence-corrected chi connectivity index (χ3v) is 3.78. The normalized spacial score (nSPS) is 12.8. The summed E-state index contributed by atoms with van der Waals surface area (Å²) < 4.78 is 5.54. The second-order valence-corrected chi connectivity index (χ2v) is 5.03. The Morgan fingerprint density at radius 3 is 2.88 bits per heavy atom. The Bertz CT molecular complexity index is 433. The van der Waals surface area contributed by atoms with E-state index in [0.29, 0.717) is 0 Å². The predicted molar refractivity (Wildman–Crippen MR) is 72.5 cm³/mol. The van der Waals surface area contributed by atoms with Crippen LogP contribution >= 0.6 is 11.3 Å². The lowest BCUT2D eigenvalue weighted by molar-refractivity contribution is 0.501. The minimum absolute atomic E-state index is 0.281. The minimum atomic E-state index is 0.281. The Morgan fingerprint density at radius 2 is 2.24 bits per heavy atom. The molecule has 2 rings (SSSR count). The van der Waals surface area contributed by atoms with E-state index in [1.165, 1.54) is 10.4 Å². The van der Waals surface area contributed by atoms with Crippen LogP contribution in [0.15, 0.2) is 34.3 Å². The van der Waals surface area contributed by atoms with Gasteiger partial charge < -0.3 is 9.73 Å². The van der Waals surface area contributed by atoms with Gasteiger partial charge in [0.25, 0.3) is 0 Å². The molecule has 2 aromatic heterocycles. The molecule has 92 valence electrons. The van der Waals surface area contributed by atoms with Gasteiger partial charge in [0.15, 0.2) is 0 Å². The monoisotopic (exact) mass is 249 g/mol. The third-order valence-electron chi connectivity index (χ3n) is 2.84. The third kappa shape index (κ3) is 2.79. The van der Waals surface area contributed by atoms with E-state index in [2.05, 4.69) is 42.7 Å². The SMILES string of the molecule is CCCNC(c1cccs1)c1ccoc1CC. The van der Waals surface area contributed by atoms with Crippen LogP contribution in [0.5, 0.6) is 0 Å². The maximum absolute atomic E-state index is 5.54. The van der Waals surface area contributed by atoms with Crippen molar-refractivity contribution < 1.29 is 4.42 Å². The summed E-state index contributed by atoms with van der Waals surface area (Å²) in [4.78, 5) is 1.36. The summed E-state index contributed by atoms with van der Waals surface area (Å²) in [6.45, 7) is 5.35. The van der Waals surface area contributed by atoms with Gasteiger partial charge in [0, 0.05) is 16.9 Å². The zero-order valence-electron chi connectivity index (χ0n) is 10.4. The van der Waals surface area contributed by atoms with Gasteiger partial charge in [0.05, 0.1) is 12.3 Å². The lowest BCUT2D eigenvalue weighted by Gasteiger charge is -2.17. The van der Waals surface area contributed by atoms with Crippen LogP contribution in [0.25, 0.3) is 0 Å². The lowest BCUT2D eigenvalue weighted by Crippen LogP contribution is -2.22. The summed E-state index contributed by atoms with van der Waals surface area (Å²) in [5.74, 6) is 1.09. The number of rotatable bonds is 6. The van der Waals surface area contributed by atoms with E-state index >= 15 is 0 Å². The van der Waals surface area contributed by atoms with E-state index in [0.717, 1.165) is 25.1 Å². The molecule has 3 heteroatoms. The van der Waals surface area contributed by atoms with Gasteiger partial charge in [-0.05, 0) is 30.5 Å². The van der Waals surface area contributed by atoms with E-state index < -0.39 is 0 Å². The Kier molecular flexibility index (Phi) is 4.40. The van der Waals surface area contributed by atoms with Crippen molar-refractivity contribution in [2.45, 2.75) is 32.7 Å². The van der Waals surface area contributed by atoms with Gasteiger partial charge in [0.1, 0.15) is 5.76 Å². The Labute approximate surface area is 107 Å². The maximum atomic E-state index is 5.54. The predicted octanol–water partition coefficient (Wildman–Crippen LogP) is 3.99. The van der Waals surface area contributed by atoms with Crippen LogP contribution in [0.2, 0.25) is 0 Å². The van der Waals surface area contributed by atoms with Crippen molar-refractivity contribution in [1.82, 2.24) is 5.32 Å². The van der Waals surface area contributed by atoms with Crippen LogP contribution in [-0.2, 0) is 6.42 Å². The van der Waals surface area contributed by atoms with Gasteiger partial charge in [-0.3, -0.25) is 0 Å². The fourth-order valence-electron chi connectivity index (χ4n) is 2.00. The van der Waals surface area contributed by atoms with Crippen LogP contribution in [-0.4, -0.2) is 6.54 Å². The molecule has 0 aliphatic heterocycles. The zero-order valence-corrected chi connectivity index (χ0v) is 11.2. The van der Waals surface area contributed by atoms with Crippen molar-refractivity contribution in [2.24, 2.45) is 0 Å². The molecule has 2 aromatic rings. The van der Waals surface area contributed by atoms with E-state index in [9.17, 15) is 0 Å². The summed E-state index contributed by atoms with van der Waals surface area (Å²) in [7, 11) is 0. The van der Waals surface area contributed by atoms with Gasteiger partial charge in [-0.1, -0.05) is 19.9 Å². The fourth-order valence-corrected chi connectivity index (χ4v) is 2.82. The average molecular weight is 249 g/mol. The van der Waals surface area contributed by atoms with Gasteiger partial charge in [-0.2, -0.15) is 0 Å². The molecule has 0 spiro atoms. The molecule has 0 bridgehead atoms. The van der Waals surface area contributed by atoms with Gasteiger partial charge in [0.2, 0.25) is 0 Å². The molecule has 0 fully saturated rings. The molecule has 0 aliphatic carbocycles. The quantitative estimate of drug-likeness (QED) is 0.837. The van der Waals surface area contributed by atoms with Crippen LogP contribution < -0.4 is 5.32 Å². The van der Waals surface area contributed by atoms with Crippen LogP contribution in [0.1, 0.15) is 42.5 Å². The molecule has 1 atom stereocenters. The molecule has 0 aromatic carbocycles. The molecule has 1 unspecified atom stereocenters. The Hall–Kier alpha value is -1.06. The summed E-state index contributed by atoms with van der Waals surface area (Å²) in [5.41, 5.74) is 1.28. The highest BCUT2D eigenvalue weighted by Gasteiger charge is 2.18. The van der Waals surface area contributed by atoms with Crippen molar-refractivity contribution in [2.75, 3.05) is 6.54 Å². The first-order valence-electron chi connectivity index (χ1n) is 6.19. The van der Waals surface area contributed by atoms with Crippen molar-refractivity contribution >= 4 is 11.3 Å². The molecule has 2 nitrogen and oxygen atoms in total. The highest BCUT2D eigenvalue weighted by atomic mass is 32.1. The van der Waals surface area contributed by atoms with E-state index in [1.807, 2.05) is 0 Å². The van der Waals surface area contributed by atoms with Crippen LogP contribution in [0.3, 0.4) is 0 Å². The molecule has 0 radical (unpaired) electrons. The lowest BCUT2D eigenvalue weighted by atomic mass is 10.0. The van der Waals surface area contributed by atoms with Crippen molar-refractivity contribution in [3.63, 3.8) is 0 Å². The molecule has 0 amide bonds. The topological polar surface area (TPSA) is 25.2 Å². The fraction of sp³-hybridized carbons (Fsp3) is 0.429. The Balaban J connectivity index is 2.27. The summed E-state index contributed by atoms with van der Waals surface area (Å²) in [6.07, 6.45) is 3.88. The van der Waals surface area contributed by atoms with E-state index in [1.54, 1.807) is 17.6 Å². The number of furan rings is 1. The van der Waals surface area contributed by atoms with Gasteiger partial charge >= 0.3 is 0 Å². The molecule has 0 aliphatic rings. The molecule has 2 heterocycles. The largest absolute Gasteiger partial charge is 0.469 e. The first kappa shape index (κ1) is 12.4. The second-order valence-electron chi connectivity index (χ2n) is 4.06. The smallest absolute Gasteiger partial charge is 0.108 e. The highest BCUT2D eigenvalue weighted by molar-refractivity contribution is 7.10. The molecular formula is C14H19NOS. The second kappa shape index (κ2) is 6.03. The number of hydrogen-bond donors (Lipinski definition) is 1. The molecule has 1 N–H and O–H groups in total. The first-order chi connectivity index (χ1) is 8.36. The van der Waals surface area contributed by atoms with Crippen LogP contribution in [0, 0.1) is 0 Å². The average Bonchev–Trinajstić information content (AvgIpc) is 3.00. The zero-order chi connectivity index (χ0) is 12.1. The van der Waals surface area contributed by atoms with Crippen LogP contribution in [0.4, 0.5) is 0 Å². The van der Waals surface area contributed by atoms with Crippen molar-refractivity contribution in [3.8, 4) is 0 Å². The van der Waals surface area contributed by atoms with E-state index in [4.69, 9.17) is 4.42 Å². The Morgan fingerprint density at radius 1 is 1.35 bits per heavy atom. The summed E-state index contributed by atoms with van der Waals surface area (Å²) in [5, 5.41) is 5.73. The summed E-state index contributed by atoms with van der Waals surface area (Å²) in [6, 6.07) is 6.66. The number of thiophene rings is 1. The minimum Gasteiger partial charge on any atom is -0.469 e. The molecule has 0 saturated heterocycles. The van der Waals surface area contributed by atoms with Crippen molar-refractivity contribution in [1.29, 1.82) is 0 Å². The summed E-state index contributed by atoms with van der Waals surface area (Å²) >= 11 is 1.79. The highest BCUT2D eigenvalue weighted by Crippen LogP contribution is 2.29. The van der Waals surface area contributed by atoms with Crippen molar-refractivity contribution in [3.05, 3.63) is 46.0 Å². The first-order valence-corrected chi connectivity index (χ1v) is 7.07. The number of nitrogens with one attached hydrogen (secondary N) is 1. The molecule has 0 saturated carbocycles. The van der Waals surface area contributed by atoms with Gasteiger partial charge in [-0.15, -0.1) is 11.3 Å². The number of hydrogen-bond acceptors (Lipinski definition) is 3. The van der Waals surface area contributed by atoms with E-state index in [-0.39, 0.29) is 6.04 Å². The number of aryl methyl sites for hydroxylation is 1. The standard InChI is InChI=1S/C14H19NOS/c1-3-8-15-14(13-6-5-10-17-13)11-7-9-16-12(11)4-2/h5-7,9-10,14-15H,3-4,8H2,1-2H3. The molecular weight excluding hydrogens is 230 g/mol. The molecule has 17 heavy (non-hydrogen) atoms. The maximum Gasteiger partial charge on any atom is 0.108 e.